The van der Waals surface area contributed by atoms with E-state index < -0.39 is 0 Å². The van der Waals surface area contributed by atoms with Crippen molar-refractivity contribution >= 4 is 0 Å². The molecule has 0 aromatic heterocycles. The van der Waals surface area contributed by atoms with E-state index in [9.17, 15) is 5.11 Å². The molecule has 1 N–H and O–H groups in total. The van der Waals surface area contributed by atoms with Crippen molar-refractivity contribution in [2.45, 2.75) is 110 Å². The lowest BCUT2D eigenvalue weighted by atomic mass is 9.73. The molecular formula is C21H42O. The number of aliphatic hydroxyl groups excluding tert-OH is 1. The first-order valence-electron chi connectivity index (χ1n) is 10.4. The van der Waals surface area contributed by atoms with E-state index in [0.29, 0.717) is 12.5 Å². The van der Waals surface area contributed by atoms with Gasteiger partial charge < -0.3 is 5.11 Å². The fourth-order valence-electron chi connectivity index (χ4n) is 4.30. The number of rotatable bonds is 13. The molecule has 0 amide bonds. The predicted octanol–water partition coefficient (Wildman–Crippen LogP) is 6.73. The SMILES string of the molecule is CCCCCCCC(CCCCCC)C1CCC(CO)CC1. The van der Waals surface area contributed by atoms with E-state index in [-0.39, 0.29) is 0 Å². The molecule has 0 radical (unpaired) electrons. The fraction of sp³-hybridized carbons (Fsp3) is 1.00. The van der Waals surface area contributed by atoms with Crippen LogP contribution in [0.2, 0.25) is 0 Å². The van der Waals surface area contributed by atoms with Crippen molar-refractivity contribution < 1.29 is 5.11 Å². The van der Waals surface area contributed by atoms with Gasteiger partial charge in [0, 0.05) is 6.61 Å². The second-order valence-corrected chi connectivity index (χ2v) is 7.78. The van der Waals surface area contributed by atoms with Crippen LogP contribution in [0.25, 0.3) is 0 Å². The quantitative estimate of drug-likeness (QED) is 0.374. The molecule has 0 spiro atoms. The first-order valence-corrected chi connectivity index (χ1v) is 10.4. The van der Waals surface area contributed by atoms with Gasteiger partial charge in [0.25, 0.3) is 0 Å². The Bertz CT molecular complexity index is 230. The van der Waals surface area contributed by atoms with E-state index in [1.165, 1.54) is 96.3 Å². The van der Waals surface area contributed by atoms with Crippen molar-refractivity contribution in [3.8, 4) is 0 Å². The molecule has 132 valence electrons. The summed E-state index contributed by atoms with van der Waals surface area (Å²) in [5, 5.41) is 9.34. The van der Waals surface area contributed by atoms with Crippen LogP contribution in [0.3, 0.4) is 0 Å². The zero-order valence-corrected chi connectivity index (χ0v) is 15.5. The van der Waals surface area contributed by atoms with Crippen LogP contribution >= 0.6 is 0 Å². The van der Waals surface area contributed by atoms with E-state index in [1.54, 1.807) is 0 Å². The molecule has 0 aromatic rings. The molecule has 0 aromatic carbocycles. The predicted molar refractivity (Wildman–Crippen MR) is 98.2 cm³/mol. The lowest BCUT2D eigenvalue weighted by Crippen LogP contribution is -2.23. The molecule has 1 fully saturated rings. The van der Waals surface area contributed by atoms with Crippen LogP contribution in [0.5, 0.6) is 0 Å². The highest BCUT2D eigenvalue weighted by Crippen LogP contribution is 2.37. The van der Waals surface area contributed by atoms with Gasteiger partial charge in [-0.25, -0.2) is 0 Å². The minimum Gasteiger partial charge on any atom is -0.396 e. The molecule has 1 heteroatoms. The summed E-state index contributed by atoms with van der Waals surface area (Å²) in [5.74, 6) is 2.57. The normalized spacial score (nSPS) is 23.6. The van der Waals surface area contributed by atoms with Crippen molar-refractivity contribution in [2.75, 3.05) is 6.61 Å². The van der Waals surface area contributed by atoms with Crippen LogP contribution in [0.1, 0.15) is 110 Å². The molecule has 0 aliphatic heterocycles. The molecule has 1 saturated carbocycles. The number of aliphatic hydroxyl groups is 1. The minimum absolute atomic E-state index is 0.422. The van der Waals surface area contributed by atoms with E-state index in [1.807, 2.05) is 0 Å². The third kappa shape index (κ3) is 8.56. The smallest absolute Gasteiger partial charge is 0.0459 e. The summed E-state index contributed by atoms with van der Waals surface area (Å²) in [6, 6.07) is 0. The van der Waals surface area contributed by atoms with Gasteiger partial charge in [-0.3, -0.25) is 0 Å². The molecule has 1 aliphatic rings. The highest BCUT2D eigenvalue weighted by Gasteiger charge is 2.26. The Balaban J connectivity index is 2.29. The van der Waals surface area contributed by atoms with Crippen LogP contribution in [-0.4, -0.2) is 11.7 Å². The molecule has 1 nitrogen and oxygen atoms in total. The minimum atomic E-state index is 0.422. The van der Waals surface area contributed by atoms with E-state index in [0.717, 1.165) is 11.8 Å². The zero-order valence-electron chi connectivity index (χ0n) is 15.5. The summed E-state index contributed by atoms with van der Waals surface area (Å²) in [4.78, 5) is 0. The van der Waals surface area contributed by atoms with Gasteiger partial charge in [0.1, 0.15) is 0 Å². The summed E-state index contributed by atoms with van der Waals surface area (Å²) < 4.78 is 0. The summed E-state index contributed by atoms with van der Waals surface area (Å²) in [6.45, 7) is 5.03. The summed E-state index contributed by atoms with van der Waals surface area (Å²) in [7, 11) is 0. The Labute approximate surface area is 140 Å². The van der Waals surface area contributed by atoms with Crippen LogP contribution in [0.15, 0.2) is 0 Å². The van der Waals surface area contributed by atoms with Gasteiger partial charge in [-0.05, 0) is 43.4 Å². The molecule has 1 aliphatic carbocycles. The van der Waals surface area contributed by atoms with Gasteiger partial charge in [-0.2, -0.15) is 0 Å². The second-order valence-electron chi connectivity index (χ2n) is 7.78. The van der Waals surface area contributed by atoms with E-state index in [4.69, 9.17) is 0 Å². The van der Waals surface area contributed by atoms with Crippen LogP contribution in [0.4, 0.5) is 0 Å². The van der Waals surface area contributed by atoms with Crippen LogP contribution in [0, 0.1) is 17.8 Å². The van der Waals surface area contributed by atoms with Crippen LogP contribution < -0.4 is 0 Å². The Morgan fingerprint density at radius 1 is 0.727 bits per heavy atom. The van der Waals surface area contributed by atoms with Crippen molar-refractivity contribution in [1.82, 2.24) is 0 Å². The van der Waals surface area contributed by atoms with Gasteiger partial charge in [0.05, 0.1) is 0 Å². The first-order chi connectivity index (χ1) is 10.8. The summed E-state index contributed by atoms with van der Waals surface area (Å²) >= 11 is 0. The van der Waals surface area contributed by atoms with Gasteiger partial charge in [-0.15, -0.1) is 0 Å². The number of hydrogen-bond donors (Lipinski definition) is 1. The average Bonchev–Trinajstić information content (AvgIpc) is 2.56. The van der Waals surface area contributed by atoms with Gasteiger partial charge in [0.15, 0.2) is 0 Å². The van der Waals surface area contributed by atoms with E-state index >= 15 is 0 Å². The Morgan fingerprint density at radius 2 is 1.23 bits per heavy atom. The lowest BCUT2D eigenvalue weighted by molar-refractivity contribution is 0.133. The molecule has 0 bridgehead atoms. The van der Waals surface area contributed by atoms with Gasteiger partial charge in [-0.1, -0.05) is 84.5 Å². The summed E-state index contributed by atoms with van der Waals surface area (Å²) in [5.41, 5.74) is 0. The van der Waals surface area contributed by atoms with E-state index in [2.05, 4.69) is 13.8 Å². The molecule has 1 atom stereocenters. The molecule has 0 saturated heterocycles. The number of unbranched alkanes of at least 4 members (excludes halogenated alkanes) is 7. The monoisotopic (exact) mass is 310 g/mol. The molecule has 1 unspecified atom stereocenters. The van der Waals surface area contributed by atoms with Crippen molar-refractivity contribution in [1.29, 1.82) is 0 Å². The maximum absolute atomic E-state index is 9.34. The van der Waals surface area contributed by atoms with Gasteiger partial charge in [0.2, 0.25) is 0 Å². The largest absolute Gasteiger partial charge is 0.396 e. The highest BCUT2D eigenvalue weighted by molar-refractivity contribution is 4.78. The number of hydrogen-bond acceptors (Lipinski definition) is 1. The second kappa shape index (κ2) is 13.4. The molecule has 1 rings (SSSR count). The maximum atomic E-state index is 9.34. The first kappa shape index (κ1) is 20.0. The summed E-state index contributed by atoms with van der Waals surface area (Å²) in [6.07, 6.45) is 21.1. The lowest BCUT2D eigenvalue weighted by Gasteiger charge is -2.33. The average molecular weight is 311 g/mol. The molecule has 0 heterocycles. The van der Waals surface area contributed by atoms with Crippen LogP contribution in [-0.2, 0) is 0 Å². The standard InChI is InChI=1S/C21H42O/c1-3-5-7-9-11-13-20(12-10-8-6-4-2)21-16-14-19(18-22)15-17-21/h19-22H,3-18H2,1-2H3. The Hall–Kier alpha value is -0.0400. The van der Waals surface area contributed by atoms with Gasteiger partial charge >= 0.3 is 0 Å². The molecule has 22 heavy (non-hydrogen) atoms. The molecular weight excluding hydrogens is 268 g/mol. The van der Waals surface area contributed by atoms with Crippen molar-refractivity contribution in [2.24, 2.45) is 17.8 Å². The fourth-order valence-corrected chi connectivity index (χ4v) is 4.30. The zero-order chi connectivity index (χ0) is 16.0. The topological polar surface area (TPSA) is 20.2 Å². The highest BCUT2D eigenvalue weighted by atomic mass is 16.3. The third-order valence-electron chi connectivity index (χ3n) is 5.92. The Kier molecular flexibility index (Phi) is 12.2. The van der Waals surface area contributed by atoms with Crippen molar-refractivity contribution in [3.63, 3.8) is 0 Å². The maximum Gasteiger partial charge on any atom is 0.0459 e. The Morgan fingerprint density at radius 3 is 1.73 bits per heavy atom. The third-order valence-corrected chi connectivity index (χ3v) is 5.92. The van der Waals surface area contributed by atoms with Crippen molar-refractivity contribution in [3.05, 3.63) is 0 Å².